The summed E-state index contributed by atoms with van der Waals surface area (Å²) in [5, 5.41) is 0. The zero-order valence-corrected chi connectivity index (χ0v) is 12.0. The Labute approximate surface area is 116 Å². The fraction of sp³-hybridized carbons (Fsp3) is 0.562. The molecule has 1 aliphatic rings. The van der Waals surface area contributed by atoms with Crippen molar-refractivity contribution in [2.45, 2.75) is 19.8 Å². The zero-order valence-electron chi connectivity index (χ0n) is 12.0. The van der Waals surface area contributed by atoms with Crippen LogP contribution in [-0.2, 0) is 0 Å². The minimum Gasteiger partial charge on any atom is -0.340 e. The predicted octanol–water partition coefficient (Wildman–Crippen LogP) is 2.49. The molecule has 1 aliphatic heterocycles. The molecule has 1 aromatic rings. The summed E-state index contributed by atoms with van der Waals surface area (Å²) >= 11 is 0. The van der Waals surface area contributed by atoms with Crippen molar-refractivity contribution in [3.8, 4) is 0 Å². The van der Waals surface area contributed by atoms with Crippen molar-refractivity contribution in [2.24, 2.45) is 5.92 Å². The second-order valence-corrected chi connectivity index (χ2v) is 5.64. The molecular formula is C16H24N2O. The molecule has 1 amide bonds. The molecule has 0 bridgehead atoms. The van der Waals surface area contributed by atoms with E-state index in [4.69, 9.17) is 0 Å². The van der Waals surface area contributed by atoms with E-state index in [1.54, 1.807) is 0 Å². The van der Waals surface area contributed by atoms with Gasteiger partial charge in [0.1, 0.15) is 0 Å². The van der Waals surface area contributed by atoms with E-state index in [1.165, 1.54) is 25.9 Å². The van der Waals surface area contributed by atoms with Crippen molar-refractivity contribution >= 4 is 5.91 Å². The van der Waals surface area contributed by atoms with Gasteiger partial charge in [-0.3, -0.25) is 4.79 Å². The van der Waals surface area contributed by atoms with Crippen LogP contribution in [0.4, 0.5) is 0 Å². The lowest BCUT2D eigenvalue weighted by atomic mass is 10.0. The van der Waals surface area contributed by atoms with Crippen LogP contribution in [0.1, 0.15) is 30.1 Å². The minimum atomic E-state index is 0.116. The first-order chi connectivity index (χ1) is 9.16. The van der Waals surface area contributed by atoms with Crippen LogP contribution in [0.25, 0.3) is 0 Å². The van der Waals surface area contributed by atoms with Crippen molar-refractivity contribution in [1.82, 2.24) is 9.80 Å². The Morgan fingerprint density at radius 1 is 1.37 bits per heavy atom. The number of likely N-dealkylation sites (N-methyl/N-ethyl adjacent to an activating group) is 1. The maximum atomic E-state index is 12.2. The van der Waals surface area contributed by atoms with Gasteiger partial charge in [0.05, 0.1) is 0 Å². The lowest BCUT2D eigenvalue weighted by Crippen LogP contribution is -2.40. The summed E-state index contributed by atoms with van der Waals surface area (Å²) in [7, 11) is 1.89. The van der Waals surface area contributed by atoms with Crippen LogP contribution in [0.3, 0.4) is 0 Å². The van der Waals surface area contributed by atoms with Crippen LogP contribution in [0.15, 0.2) is 30.3 Å². The molecule has 1 saturated heterocycles. The number of carbonyl (C=O) groups is 1. The second-order valence-electron chi connectivity index (χ2n) is 5.64. The third-order valence-corrected chi connectivity index (χ3v) is 3.86. The highest BCUT2D eigenvalue weighted by atomic mass is 16.2. The van der Waals surface area contributed by atoms with Gasteiger partial charge >= 0.3 is 0 Å². The van der Waals surface area contributed by atoms with E-state index in [9.17, 15) is 4.79 Å². The van der Waals surface area contributed by atoms with E-state index >= 15 is 0 Å². The summed E-state index contributed by atoms with van der Waals surface area (Å²) in [6, 6.07) is 9.51. The average molecular weight is 260 g/mol. The number of likely N-dealkylation sites (tertiary alicyclic amines) is 1. The third kappa shape index (κ3) is 4.06. The highest BCUT2D eigenvalue weighted by Gasteiger charge is 2.17. The number of hydrogen-bond acceptors (Lipinski definition) is 2. The first-order valence-electron chi connectivity index (χ1n) is 7.19. The van der Waals surface area contributed by atoms with Gasteiger partial charge in [-0.15, -0.1) is 0 Å². The van der Waals surface area contributed by atoms with Gasteiger partial charge in [0.2, 0.25) is 0 Å². The van der Waals surface area contributed by atoms with Gasteiger partial charge in [-0.1, -0.05) is 25.1 Å². The van der Waals surface area contributed by atoms with Gasteiger partial charge in [0, 0.05) is 32.2 Å². The Balaban J connectivity index is 1.81. The molecule has 3 heteroatoms. The van der Waals surface area contributed by atoms with E-state index in [1.807, 2.05) is 42.3 Å². The normalized spacial score (nSPS) is 20.2. The lowest BCUT2D eigenvalue weighted by Gasteiger charge is -2.32. The molecule has 1 atom stereocenters. The number of benzene rings is 1. The summed E-state index contributed by atoms with van der Waals surface area (Å²) in [5.41, 5.74) is 0.775. The van der Waals surface area contributed by atoms with Crippen LogP contribution in [0.2, 0.25) is 0 Å². The maximum absolute atomic E-state index is 12.2. The number of amides is 1. The topological polar surface area (TPSA) is 23.6 Å². The van der Waals surface area contributed by atoms with Crippen molar-refractivity contribution in [2.75, 3.05) is 33.2 Å². The molecule has 1 aromatic carbocycles. The van der Waals surface area contributed by atoms with Crippen LogP contribution in [0.5, 0.6) is 0 Å². The molecule has 104 valence electrons. The third-order valence-electron chi connectivity index (χ3n) is 3.86. The Kier molecular flexibility index (Phi) is 4.97. The smallest absolute Gasteiger partial charge is 0.253 e. The standard InChI is InChI=1S/C16H24N2O/c1-14-7-6-10-18(13-14)12-11-17(2)16(19)15-8-4-3-5-9-15/h3-5,8-9,14H,6-7,10-13H2,1-2H3. The minimum absolute atomic E-state index is 0.116. The monoisotopic (exact) mass is 260 g/mol. The number of carbonyl (C=O) groups excluding carboxylic acids is 1. The second kappa shape index (κ2) is 6.71. The molecule has 0 radical (unpaired) electrons. The molecule has 0 aliphatic carbocycles. The first-order valence-corrected chi connectivity index (χ1v) is 7.19. The number of hydrogen-bond donors (Lipinski definition) is 0. The summed E-state index contributed by atoms with van der Waals surface area (Å²) in [4.78, 5) is 16.5. The van der Waals surface area contributed by atoms with Crippen LogP contribution >= 0.6 is 0 Å². The van der Waals surface area contributed by atoms with Crippen molar-refractivity contribution in [1.29, 1.82) is 0 Å². The quantitative estimate of drug-likeness (QED) is 0.830. The molecule has 1 heterocycles. The molecular weight excluding hydrogens is 236 g/mol. The van der Waals surface area contributed by atoms with Crippen LogP contribution in [-0.4, -0.2) is 48.9 Å². The molecule has 19 heavy (non-hydrogen) atoms. The Morgan fingerprint density at radius 2 is 2.11 bits per heavy atom. The fourth-order valence-electron chi connectivity index (χ4n) is 2.68. The maximum Gasteiger partial charge on any atom is 0.253 e. The van der Waals surface area contributed by atoms with Gasteiger partial charge in [0.25, 0.3) is 5.91 Å². The molecule has 0 aromatic heterocycles. The van der Waals surface area contributed by atoms with Crippen molar-refractivity contribution in [3.63, 3.8) is 0 Å². The molecule has 0 saturated carbocycles. The summed E-state index contributed by atoms with van der Waals surface area (Å²) in [5.74, 6) is 0.912. The Morgan fingerprint density at radius 3 is 2.79 bits per heavy atom. The fourth-order valence-corrected chi connectivity index (χ4v) is 2.68. The highest BCUT2D eigenvalue weighted by molar-refractivity contribution is 5.93. The van der Waals surface area contributed by atoms with E-state index < -0.39 is 0 Å². The Hall–Kier alpha value is -1.35. The predicted molar refractivity (Wildman–Crippen MR) is 78.2 cm³/mol. The van der Waals surface area contributed by atoms with Gasteiger partial charge in [-0.25, -0.2) is 0 Å². The highest BCUT2D eigenvalue weighted by Crippen LogP contribution is 2.15. The van der Waals surface area contributed by atoms with Crippen LogP contribution in [0, 0.1) is 5.92 Å². The number of nitrogens with zero attached hydrogens (tertiary/aromatic N) is 2. The van der Waals surface area contributed by atoms with Crippen molar-refractivity contribution < 1.29 is 4.79 Å². The molecule has 1 fully saturated rings. The lowest BCUT2D eigenvalue weighted by molar-refractivity contribution is 0.0765. The number of rotatable bonds is 4. The summed E-state index contributed by atoms with van der Waals surface area (Å²) in [6.07, 6.45) is 2.63. The molecule has 3 nitrogen and oxygen atoms in total. The van der Waals surface area contributed by atoms with Crippen molar-refractivity contribution in [3.05, 3.63) is 35.9 Å². The molecule has 2 rings (SSSR count). The van der Waals surface area contributed by atoms with Gasteiger partial charge in [0.15, 0.2) is 0 Å². The van der Waals surface area contributed by atoms with Gasteiger partial charge in [-0.2, -0.15) is 0 Å². The average Bonchev–Trinajstić information content (AvgIpc) is 2.45. The molecule has 0 spiro atoms. The van der Waals surface area contributed by atoms with E-state index in [0.717, 1.165) is 24.6 Å². The molecule has 1 unspecified atom stereocenters. The zero-order chi connectivity index (χ0) is 13.7. The molecule has 0 N–H and O–H groups in total. The van der Waals surface area contributed by atoms with E-state index in [-0.39, 0.29) is 5.91 Å². The summed E-state index contributed by atoms with van der Waals surface area (Å²) < 4.78 is 0. The van der Waals surface area contributed by atoms with Gasteiger partial charge in [-0.05, 0) is 37.4 Å². The number of piperidine rings is 1. The SMILES string of the molecule is CC1CCCN(CCN(C)C(=O)c2ccccc2)C1. The van der Waals surface area contributed by atoms with E-state index in [0.29, 0.717) is 0 Å². The van der Waals surface area contributed by atoms with E-state index in [2.05, 4.69) is 11.8 Å². The largest absolute Gasteiger partial charge is 0.340 e. The Bertz CT molecular complexity index is 404. The van der Waals surface area contributed by atoms with Gasteiger partial charge < -0.3 is 9.80 Å². The van der Waals surface area contributed by atoms with Crippen LogP contribution < -0.4 is 0 Å². The summed E-state index contributed by atoms with van der Waals surface area (Å²) in [6.45, 7) is 6.45. The first kappa shape index (κ1) is 14.1.